The van der Waals surface area contributed by atoms with Crippen LogP contribution in [0.5, 0.6) is 0 Å². The topological polar surface area (TPSA) is 27.7 Å². The third-order valence-electron chi connectivity index (χ3n) is 4.68. The number of methoxy groups -OCH3 is 2. The lowest BCUT2D eigenvalue weighted by atomic mass is 10.1. The number of benzene rings is 1. The maximum atomic E-state index is 12.8. The Labute approximate surface area is 161 Å². The first-order valence-electron chi connectivity index (χ1n) is 9.77. The van der Waals surface area contributed by atoms with E-state index in [4.69, 9.17) is 14.2 Å². The Hall–Kier alpha value is -1.11. The zero-order valence-electron chi connectivity index (χ0n) is 16.7. The summed E-state index contributed by atoms with van der Waals surface area (Å²) in [4.78, 5) is 0. The lowest BCUT2D eigenvalue weighted by Crippen LogP contribution is -2.37. The van der Waals surface area contributed by atoms with Gasteiger partial charge in [0, 0.05) is 20.6 Å². The van der Waals surface area contributed by atoms with Gasteiger partial charge in [0.2, 0.25) is 0 Å². The molecule has 3 nitrogen and oxygen atoms in total. The third kappa shape index (κ3) is 9.08. The van der Waals surface area contributed by atoms with E-state index in [9.17, 15) is 13.2 Å². The maximum absolute atomic E-state index is 12.8. The van der Waals surface area contributed by atoms with Gasteiger partial charge in [0.25, 0.3) is 5.97 Å². The summed E-state index contributed by atoms with van der Waals surface area (Å²) in [5.74, 6) is -1.13. The van der Waals surface area contributed by atoms with Crippen LogP contribution in [0.2, 0.25) is 0 Å². The van der Waals surface area contributed by atoms with Crippen LogP contribution in [-0.2, 0) is 26.8 Å². The molecule has 0 aliphatic rings. The summed E-state index contributed by atoms with van der Waals surface area (Å²) in [6.45, 7) is 2.42. The number of rotatable bonds is 14. The van der Waals surface area contributed by atoms with Gasteiger partial charge in [-0.2, -0.15) is 13.2 Å². The average molecular weight is 390 g/mol. The number of unbranched alkanes of at least 4 members (excludes halogenated alkanes) is 6. The summed E-state index contributed by atoms with van der Waals surface area (Å²) in [7, 11) is 3.05. The van der Waals surface area contributed by atoms with Gasteiger partial charge in [0.1, 0.15) is 0 Å². The molecule has 0 aromatic heterocycles. The lowest BCUT2D eigenvalue weighted by Gasteiger charge is -2.30. The molecule has 0 heterocycles. The standard InChI is InChI=1S/C21H33F3O3/c1-4-5-6-7-8-9-10-15-20(25-2,26-3)27-16-14-18-12-11-13-19(17-18)21(22,23)24/h11-13,17H,4-10,14-16H2,1-3H3. The highest BCUT2D eigenvalue weighted by atomic mass is 19.4. The number of hydrogen-bond acceptors (Lipinski definition) is 3. The number of ether oxygens (including phenoxy) is 3. The molecule has 0 unspecified atom stereocenters. The summed E-state index contributed by atoms with van der Waals surface area (Å²) in [6.07, 6.45) is 4.79. The Morgan fingerprint density at radius 2 is 1.52 bits per heavy atom. The van der Waals surface area contributed by atoms with Gasteiger partial charge >= 0.3 is 6.18 Å². The van der Waals surface area contributed by atoms with Crippen molar-refractivity contribution in [1.29, 1.82) is 0 Å². The van der Waals surface area contributed by atoms with Gasteiger partial charge in [-0.1, -0.05) is 63.6 Å². The first kappa shape index (κ1) is 23.9. The third-order valence-corrected chi connectivity index (χ3v) is 4.68. The highest BCUT2D eigenvalue weighted by Crippen LogP contribution is 2.30. The van der Waals surface area contributed by atoms with Crippen LogP contribution in [0, 0.1) is 0 Å². The van der Waals surface area contributed by atoms with Crippen LogP contribution in [0.3, 0.4) is 0 Å². The summed E-state index contributed by atoms with van der Waals surface area (Å²) in [5, 5.41) is 0. The van der Waals surface area contributed by atoms with E-state index in [0.29, 0.717) is 18.4 Å². The predicted octanol–water partition coefficient (Wildman–Crippen LogP) is 6.35. The lowest BCUT2D eigenvalue weighted by molar-refractivity contribution is -0.365. The van der Waals surface area contributed by atoms with Crippen molar-refractivity contribution in [3.8, 4) is 0 Å². The molecule has 0 N–H and O–H groups in total. The molecule has 0 aliphatic heterocycles. The van der Waals surface area contributed by atoms with Crippen LogP contribution in [0.15, 0.2) is 24.3 Å². The largest absolute Gasteiger partial charge is 0.416 e. The van der Waals surface area contributed by atoms with Crippen LogP contribution in [-0.4, -0.2) is 26.8 Å². The van der Waals surface area contributed by atoms with Gasteiger partial charge in [0.05, 0.1) is 12.2 Å². The fraction of sp³-hybridized carbons (Fsp3) is 0.714. The van der Waals surface area contributed by atoms with E-state index >= 15 is 0 Å². The van der Waals surface area contributed by atoms with Gasteiger partial charge in [-0.3, -0.25) is 0 Å². The summed E-state index contributed by atoms with van der Waals surface area (Å²) < 4.78 is 55.0. The van der Waals surface area contributed by atoms with Crippen LogP contribution in [0.25, 0.3) is 0 Å². The molecular weight excluding hydrogens is 357 g/mol. The molecule has 6 heteroatoms. The van der Waals surface area contributed by atoms with Crippen molar-refractivity contribution in [2.45, 2.75) is 76.9 Å². The fourth-order valence-electron chi connectivity index (χ4n) is 3.00. The highest BCUT2D eigenvalue weighted by Gasteiger charge is 2.31. The molecule has 1 aromatic carbocycles. The molecule has 1 aromatic rings. The molecule has 0 fully saturated rings. The van der Waals surface area contributed by atoms with E-state index in [1.165, 1.54) is 52.4 Å². The minimum atomic E-state index is -4.34. The zero-order valence-corrected chi connectivity index (χ0v) is 16.7. The predicted molar refractivity (Wildman–Crippen MR) is 100 cm³/mol. The van der Waals surface area contributed by atoms with Gasteiger partial charge < -0.3 is 14.2 Å². The Bertz CT molecular complexity index is 514. The van der Waals surface area contributed by atoms with Gasteiger partial charge in [-0.05, 0) is 24.5 Å². The normalized spacial score (nSPS) is 12.5. The number of hydrogen-bond donors (Lipinski definition) is 0. The van der Waals surface area contributed by atoms with Crippen LogP contribution in [0.4, 0.5) is 13.2 Å². The van der Waals surface area contributed by atoms with Gasteiger partial charge in [-0.25, -0.2) is 0 Å². The van der Waals surface area contributed by atoms with E-state index in [1.54, 1.807) is 6.07 Å². The second-order valence-corrected chi connectivity index (χ2v) is 6.76. The smallest absolute Gasteiger partial charge is 0.331 e. The van der Waals surface area contributed by atoms with Crippen LogP contribution >= 0.6 is 0 Å². The first-order valence-corrected chi connectivity index (χ1v) is 9.77. The molecule has 0 radical (unpaired) electrons. The van der Waals surface area contributed by atoms with Crippen molar-refractivity contribution in [2.24, 2.45) is 0 Å². The SMILES string of the molecule is CCCCCCCCCC(OC)(OC)OCCc1cccc(C(F)(F)F)c1. The van der Waals surface area contributed by atoms with Crippen molar-refractivity contribution in [2.75, 3.05) is 20.8 Å². The average Bonchev–Trinajstić information content (AvgIpc) is 2.65. The summed E-state index contributed by atoms with van der Waals surface area (Å²) in [5.41, 5.74) is -0.0744. The molecule has 0 saturated heterocycles. The molecular formula is C21H33F3O3. The molecule has 0 saturated carbocycles. The van der Waals surface area contributed by atoms with E-state index < -0.39 is 17.7 Å². The number of halogens is 3. The molecule has 156 valence electrons. The summed E-state index contributed by atoms with van der Waals surface area (Å²) >= 11 is 0. The molecule has 27 heavy (non-hydrogen) atoms. The molecule has 0 aliphatic carbocycles. The van der Waals surface area contributed by atoms with E-state index in [1.807, 2.05) is 0 Å². The van der Waals surface area contributed by atoms with E-state index in [-0.39, 0.29) is 6.61 Å². The highest BCUT2D eigenvalue weighted by molar-refractivity contribution is 5.25. The second kappa shape index (κ2) is 12.4. The van der Waals surface area contributed by atoms with E-state index in [2.05, 4.69) is 6.92 Å². The monoisotopic (exact) mass is 390 g/mol. The second-order valence-electron chi connectivity index (χ2n) is 6.76. The van der Waals surface area contributed by atoms with Crippen LogP contribution in [0.1, 0.15) is 69.4 Å². The van der Waals surface area contributed by atoms with Crippen molar-refractivity contribution in [1.82, 2.24) is 0 Å². The Morgan fingerprint density at radius 3 is 2.11 bits per heavy atom. The van der Waals surface area contributed by atoms with Crippen molar-refractivity contribution in [3.05, 3.63) is 35.4 Å². The zero-order chi connectivity index (χ0) is 20.2. The molecule has 0 atom stereocenters. The molecule has 1 rings (SSSR count). The quantitative estimate of drug-likeness (QED) is 0.274. The van der Waals surface area contributed by atoms with Gasteiger partial charge in [-0.15, -0.1) is 0 Å². The Balaban J connectivity index is 2.43. The molecule has 0 spiro atoms. The van der Waals surface area contributed by atoms with Gasteiger partial charge in [0.15, 0.2) is 0 Å². The Kier molecular flexibility index (Phi) is 11.0. The fourth-order valence-corrected chi connectivity index (χ4v) is 3.00. The Morgan fingerprint density at radius 1 is 0.889 bits per heavy atom. The summed E-state index contributed by atoms with van der Waals surface area (Å²) in [6, 6.07) is 5.30. The minimum Gasteiger partial charge on any atom is -0.331 e. The molecule has 0 amide bonds. The van der Waals surface area contributed by atoms with Crippen molar-refractivity contribution in [3.63, 3.8) is 0 Å². The van der Waals surface area contributed by atoms with Crippen LogP contribution < -0.4 is 0 Å². The van der Waals surface area contributed by atoms with Crippen molar-refractivity contribution < 1.29 is 27.4 Å². The van der Waals surface area contributed by atoms with E-state index in [0.717, 1.165) is 25.0 Å². The first-order chi connectivity index (χ1) is 12.9. The van der Waals surface area contributed by atoms with Crippen molar-refractivity contribution >= 4 is 0 Å². The minimum absolute atomic E-state index is 0.222. The maximum Gasteiger partial charge on any atom is 0.416 e. The number of alkyl halides is 3. The molecule has 0 bridgehead atoms.